The molecule has 0 amide bonds. The SMILES string of the molecule is CCC(C)(CC)CCNC(C)(CC)CC. The molecule has 1 heteroatoms. The van der Waals surface area contributed by atoms with Crippen LogP contribution in [0.5, 0.6) is 0 Å². The Morgan fingerprint density at radius 2 is 1.27 bits per heavy atom. The van der Waals surface area contributed by atoms with Crippen LogP contribution in [0.2, 0.25) is 0 Å². The molecule has 0 radical (unpaired) electrons. The molecule has 0 bridgehead atoms. The van der Waals surface area contributed by atoms with Crippen molar-refractivity contribution >= 4 is 0 Å². The van der Waals surface area contributed by atoms with Gasteiger partial charge in [-0.3, -0.25) is 0 Å². The van der Waals surface area contributed by atoms with Crippen LogP contribution >= 0.6 is 0 Å². The lowest BCUT2D eigenvalue weighted by Gasteiger charge is -2.32. The van der Waals surface area contributed by atoms with Crippen molar-refractivity contribution in [3.63, 3.8) is 0 Å². The fourth-order valence-corrected chi connectivity index (χ4v) is 1.77. The Morgan fingerprint density at radius 1 is 0.800 bits per heavy atom. The molecule has 92 valence electrons. The maximum atomic E-state index is 3.72. The molecule has 0 unspecified atom stereocenters. The minimum Gasteiger partial charge on any atom is -0.312 e. The summed E-state index contributed by atoms with van der Waals surface area (Å²) >= 11 is 0. The minimum atomic E-state index is 0.350. The highest BCUT2D eigenvalue weighted by atomic mass is 15.0. The van der Waals surface area contributed by atoms with Crippen LogP contribution in [0.4, 0.5) is 0 Å². The van der Waals surface area contributed by atoms with E-state index in [1.807, 2.05) is 0 Å². The maximum absolute atomic E-state index is 3.72. The normalized spacial score (nSPS) is 13.2. The monoisotopic (exact) mass is 213 g/mol. The van der Waals surface area contributed by atoms with Crippen LogP contribution in [-0.2, 0) is 0 Å². The Morgan fingerprint density at radius 3 is 1.60 bits per heavy atom. The Kier molecular flexibility index (Phi) is 6.51. The summed E-state index contributed by atoms with van der Waals surface area (Å²) in [5.74, 6) is 0. The summed E-state index contributed by atoms with van der Waals surface area (Å²) in [6.07, 6.45) is 6.33. The largest absolute Gasteiger partial charge is 0.312 e. The standard InChI is InChI=1S/C14H31N/c1-7-13(5,8-2)11-12-15-14(6,9-3)10-4/h15H,7-12H2,1-6H3. The second-order valence-corrected chi connectivity index (χ2v) is 5.46. The van der Waals surface area contributed by atoms with Gasteiger partial charge in [-0.25, -0.2) is 0 Å². The molecule has 1 N–H and O–H groups in total. The fraction of sp³-hybridized carbons (Fsp3) is 1.00. The van der Waals surface area contributed by atoms with E-state index in [2.05, 4.69) is 46.9 Å². The van der Waals surface area contributed by atoms with Crippen LogP contribution in [-0.4, -0.2) is 12.1 Å². The summed E-state index contributed by atoms with van der Waals surface area (Å²) in [4.78, 5) is 0. The Labute approximate surface area is 97.0 Å². The quantitative estimate of drug-likeness (QED) is 0.631. The summed E-state index contributed by atoms with van der Waals surface area (Å²) in [6, 6.07) is 0. The Hall–Kier alpha value is -0.0400. The van der Waals surface area contributed by atoms with E-state index in [1.54, 1.807) is 0 Å². The zero-order chi connectivity index (χ0) is 11.9. The lowest BCUT2D eigenvalue weighted by molar-refractivity contribution is 0.242. The highest BCUT2D eigenvalue weighted by molar-refractivity contribution is 4.81. The topological polar surface area (TPSA) is 12.0 Å². The third kappa shape index (κ3) is 5.01. The number of nitrogens with one attached hydrogen (secondary N) is 1. The smallest absolute Gasteiger partial charge is 0.0148 e. The molecule has 0 aliphatic heterocycles. The Bertz CT molecular complexity index is 137. The number of hydrogen-bond acceptors (Lipinski definition) is 1. The van der Waals surface area contributed by atoms with E-state index in [9.17, 15) is 0 Å². The summed E-state index contributed by atoms with van der Waals surface area (Å²) in [7, 11) is 0. The van der Waals surface area contributed by atoms with Gasteiger partial charge >= 0.3 is 0 Å². The first-order valence-electron chi connectivity index (χ1n) is 6.70. The molecule has 0 saturated heterocycles. The van der Waals surface area contributed by atoms with Gasteiger partial charge in [-0.05, 0) is 38.1 Å². The molecule has 0 atom stereocenters. The molecule has 0 aromatic rings. The van der Waals surface area contributed by atoms with Gasteiger partial charge in [0, 0.05) is 5.54 Å². The highest BCUT2D eigenvalue weighted by Gasteiger charge is 2.22. The van der Waals surface area contributed by atoms with Crippen molar-refractivity contribution in [2.75, 3.05) is 6.54 Å². The summed E-state index contributed by atoms with van der Waals surface area (Å²) in [5, 5.41) is 3.72. The minimum absolute atomic E-state index is 0.350. The molecule has 0 rings (SSSR count). The number of rotatable bonds is 8. The van der Waals surface area contributed by atoms with Crippen LogP contribution in [0.3, 0.4) is 0 Å². The van der Waals surface area contributed by atoms with Crippen molar-refractivity contribution in [3.8, 4) is 0 Å². The predicted molar refractivity (Wildman–Crippen MR) is 70.3 cm³/mol. The van der Waals surface area contributed by atoms with Gasteiger partial charge in [-0.2, -0.15) is 0 Å². The van der Waals surface area contributed by atoms with Crippen LogP contribution < -0.4 is 5.32 Å². The second kappa shape index (κ2) is 6.52. The van der Waals surface area contributed by atoms with Crippen molar-refractivity contribution < 1.29 is 0 Å². The van der Waals surface area contributed by atoms with Crippen molar-refractivity contribution in [1.29, 1.82) is 0 Å². The van der Waals surface area contributed by atoms with Crippen LogP contribution in [0.25, 0.3) is 0 Å². The van der Waals surface area contributed by atoms with E-state index in [4.69, 9.17) is 0 Å². The van der Waals surface area contributed by atoms with Crippen molar-refractivity contribution in [3.05, 3.63) is 0 Å². The lowest BCUT2D eigenvalue weighted by atomic mass is 9.81. The summed E-state index contributed by atoms with van der Waals surface area (Å²) in [5.41, 5.74) is 0.887. The first kappa shape index (κ1) is 15.0. The van der Waals surface area contributed by atoms with Crippen molar-refractivity contribution in [1.82, 2.24) is 5.32 Å². The summed E-state index contributed by atoms with van der Waals surface area (Å²) in [6.45, 7) is 15.1. The van der Waals surface area contributed by atoms with Crippen molar-refractivity contribution in [2.24, 2.45) is 5.41 Å². The lowest BCUT2D eigenvalue weighted by Crippen LogP contribution is -2.42. The molecule has 0 fully saturated rings. The highest BCUT2D eigenvalue weighted by Crippen LogP contribution is 2.29. The zero-order valence-electron chi connectivity index (χ0n) is 11.7. The average Bonchev–Trinajstić information content (AvgIpc) is 2.28. The van der Waals surface area contributed by atoms with E-state index in [0.717, 1.165) is 6.54 Å². The van der Waals surface area contributed by atoms with Crippen LogP contribution in [0.15, 0.2) is 0 Å². The van der Waals surface area contributed by atoms with Gasteiger partial charge in [-0.15, -0.1) is 0 Å². The van der Waals surface area contributed by atoms with E-state index < -0.39 is 0 Å². The van der Waals surface area contributed by atoms with Gasteiger partial charge in [0.1, 0.15) is 0 Å². The zero-order valence-corrected chi connectivity index (χ0v) is 11.7. The predicted octanol–water partition coefficient (Wildman–Crippen LogP) is 4.37. The van der Waals surface area contributed by atoms with Gasteiger partial charge < -0.3 is 5.32 Å². The molecule has 0 aliphatic rings. The van der Waals surface area contributed by atoms with E-state index in [-0.39, 0.29) is 0 Å². The van der Waals surface area contributed by atoms with E-state index in [0.29, 0.717) is 11.0 Å². The molecular weight excluding hydrogens is 182 g/mol. The van der Waals surface area contributed by atoms with Crippen LogP contribution in [0, 0.1) is 5.41 Å². The molecule has 0 aromatic carbocycles. The van der Waals surface area contributed by atoms with Gasteiger partial charge in [0.2, 0.25) is 0 Å². The van der Waals surface area contributed by atoms with Gasteiger partial charge in [-0.1, -0.05) is 47.5 Å². The molecule has 0 spiro atoms. The third-order valence-corrected chi connectivity index (χ3v) is 4.55. The molecule has 0 aliphatic carbocycles. The van der Waals surface area contributed by atoms with Gasteiger partial charge in [0.25, 0.3) is 0 Å². The first-order valence-corrected chi connectivity index (χ1v) is 6.70. The molecule has 1 nitrogen and oxygen atoms in total. The van der Waals surface area contributed by atoms with Crippen LogP contribution in [0.1, 0.15) is 73.6 Å². The molecule has 0 saturated carbocycles. The van der Waals surface area contributed by atoms with Crippen molar-refractivity contribution in [2.45, 2.75) is 79.2 Å². The Balaban J connectivity index is 3.96. The van der Waals surface area contributed by atoms with Gasteiger partial charge in [0.05, 0.1) is 0 Å². The third-order valence-electron chi connectivity index (χ3n) is 4.55. The molecule has 0 heterocycles. The second-order valence-electron chi connectivity index (χ2n) is 5.46. The summed E-state index contributed by atoms with van der Waals surface area (Å²) < 4.78 is 0. The first-order chi connectivity index (χ1) is 6.95. The number of hydrogen-bond donors (Lipinski definition) is 1. The van der Waals surface area contributed by atoms with E-state index >= 15 is 0 Å². The fourth-order valence-electron chi connectivity index (χ4n) is 1.77. The van der Waals surface area contributed by atoms with E-state index in [1.165, 1.54) is 32.1 Å². The molecule has 15 heavy (non-hydrogen) atoms. The average molecular weight is 213 g/mol. The maximum Gasteiger partial charge on any atom is 0.0148 e. The molecular formula is C14H31N. The van der Waals surface area contributed by atoms with Gasteiger partial charge in [0.15, 0.2) is 0 Å². The molecule has 0 aromatic heterocycles.